The monoisotopic (exact) mass is 388 g/mol. The van der Waals surface area contributed by atoms with Gasteiger partial charge in [-0.2, -0.15) is 0 Å². The zero-order valence-corrected chi connectivity index (χ0v) is 16.5. The molecular weight excluding hydrogens is 364 g/mol. The Morgan fingerprint density at radius 2 is 1.93 bits per heavy atom. The quantitative estimate of drug-likeness (QED) is 0.724. The summed E-state index contributed by atoms with van der Waals surface area (Å²) in [6.07, 6.45) is 2.27. The Labute approximate surface area is 162 Å². The minimum atomic E-state index is -0.669. The van der Waals surface area contributed by atoms with Crippen LogP contribution >= 0.6 is 11.3 Å². The van der Waals surface area contributed by atoms with Crippen LogP contribution in [0.3, 0.4) is 0 Å². The molecular formula is C19H24N4O3S. The van der Waals surface area contributed by atoms with Crippen molar-refractivity contribution in [1.29, 1.82) is 0 Å². The average molecular weight is 388 g/mol. The third kappa shape index (κ3) is 5.03. The molecule has 0 aliphatic heterocycles. The Morgan fingerprint density at radius 3 is 2.52 bits per heavy atom. The van der Waals surface area contributed by atoms with Gasteiger partial charge < -0.3 is 10.1 Å². The van der Waals surface area contributed by atoms with Crippen LogP contribution in [-0.4, -0.2) is 34.7 Å². The van der Waals surface area contributed by atoms with Crippen molar-refractivity contribution in [1.82, 2.24) is 15.5 Å². The fourth-order valence-corrected chi connectivity index (χ4v) is 3.51. The van der Waals surface area contributed by atoms with Gasteiger partial charge in [0.25, 0.3) is 5.91 Å². The lowest BCUT2D eigenvalue weighted by molar-refractivity contribution is -0.118. The van der Waals surface area contributed by atoms with E-state index in [-0.39, 0.29) is 17.7 Å². The summed E-state index contributed by atoms with van der Waals surface area (Å²) in [6.45, 7) is 6.24. The van der Waals surface area contributed by atoms with Crippen LogP contribution in [0.5, 0.6) is 5.75 Å². The van der Waals surface area contributed by atoms with Crippen molar-refractivity contribution >= 4 is 28.3 Å². The van der Waals surface area contributed by atoms with Gasteiger partial charge in [0, 0.05) is 11.5 Å². The fraction of sp³-hybridized carbons (Fsp3) is 0.474. The first-order valence-electron chi connectivity index (χ1n) is 9.16. The van der Waals surface area contributed by atoms with E-state index in [0.29, 0.717) is 29.0 Å². The van der Waals surface area contributed by atoms with E-state index < -0.39 is 6.04 Å². The minimum Gasteiger partial charge on any atom is -0.494 e. The number of carbonyl (C=O) groups excluding carboxylic acids is 2. The average Bonchev–Trinajstić information content (AvgIpc) is 3.39. The molecule has 2 aromatic rings. The van der Waals surface area contributed by atoms with E-state index in [0.717, 1.165) is 17.8 Å². The van der Waals surface area contributed by atoms with Gasteiger partial charge in [0.15, 0.2) is 0 Å². The van der Waals surface area contributed by atoms with Crippen molar-refractivity contribution in [3.8, 4) is 5.75 Å². The number of amides is 2. The highest BCUT2D eigenvalue weighted by Crippen LogP contribution is 2.42. The van der Waals surface area contributed by atoms with Gasteiger partial charge in [-0.15, -0.1) is 10.2 Å². The van der Waals surface area contributed by atoms with Crippen LogP contribution in [0, 0.1) is 5.92 Å². The molecule has 1 aromatic heterocycles. The van der Waals surface area contributed by atoms with Gasteiger partial charge in [-0.3, -0.25) is 14.9 Å². The largest absolute Gasteiger partial charge is 0.494 e. The second-order valence-electron chi connectivity index (χ2n) is 6.86. The Bertz CT molecular complexity index is 800. The number of nitrogens with one attached hydrogen (secondary N) is 2. The molecule has 0 radical (unpaired) electrons. The lowest BCUT2D eigenvalue weighted by Gasteiger charge is -2.21. The standard InChI is InChI=1S/C19H24N4O3S/c1-4-26-14-9-7-12(8-10-14)16(24)20-15(11(2)3)17(25)21-19-23-22-18(27-19)13-5-6-13/h7-11,13,15H,4-6H2,1-3H3,(H,20,24)(H,21,23,25)/t15-/m0/s1. The normalized spacial score (nSPS) is 14.7. The van der Waals surface area contributed by atoms with E-state index in [4.69, 9.17) is 4.74 Å². The third-order valence-corrected chi connectivity index (χ3v) is 5.26. The Balaban J connectivity index is 1.63. The Morgan fingerprint density at radius 1 is 1.22 bits per heavy atom. The summed E-state index contributed by atoms with van der Waals surface area (Å²) < 4.78 is 5.38. The number of rotatable bonds is 8. The van der Waals surface area contributed by atoms with Crippen LogP contribution in [0.2, 0.25) is 0 Å². The maximum absolute atomic E-state index is 12.6. The molecule has 1 fully saturated rings. The van der Waals surface area contributed by atoms with E-state index in [9.17, 15) is 9.59 Å². The second kappa shape index (κ2) is 8.47. The molecule has 0 unspecified atom stereocenters. The number of ether oxygens (including phenoxy) is 1. The van der Waals surface area contributed by atoms with E-state index in [1.54, 1.807) is 24.3 Å². The summed E-state index contributed by atoms with van der Waals surface area (Å²) in [5.41, 5.74) is 0.476. The number of nitrogens with zero attached hydrogens (tertiary/aromatic N) is 2. The van der Waals surface area contributed by atoms with Crippen LogP contribution in [0.4, 0.5) is 5.13 Å². The van der Waals surface area contributed by atoms with E-state index >= 15 is 0 Å². The highest BCUT2D eigenvalue weighted by molar-refractivity contribution is 7.15. The molecule has 8 heteroatoms. The molecule has 1 aliphatic carbocycles. The van der Waals surface area contributed by atoms with Crippen LogP contribution in [0.1, 0.15) is 54.9 Å². The van der Waals surface area contributed by atoms with Gasteiger partial charge in [0.1, 0.15) is 16.8 Å². The van der Waals surface area contributed by atoms with Crippen molar-refractivity contribution in [2.45, 2.75) is 45.6 Å². The van der Waals surface area contributed by atoms with Gasteiger partial charge >= 0.3 is 0 Å². The highest BCUT2D eigenvalue weighted by atomic mass is 32.1. The number of hydrogen-bond acceptors (Lipinski definition) is 6. The highest BCUT2D eigenvalue weighted by Gasteiger charge is 2.29. The van der Waals surface area contributed by atoms with Crippen molar-refractivity contribution in [2.75, 3.05) is 11.9 Å². The predicted molar refractivity (Wildman–Crippen MR) is 104 cm³/mol. The molecule has 1 heterocycles. The Hall–Kier alpha value is -2.48. The van der Waals surface area contributed by atoms with Crippen molar-refractivity contribution in [3.05, 3.63) is 34.8 Å². The van der Waals surface area contributed by atoms with E-state index in [1.165, 1.54) is 11.3 Å². The van der Waals surface area contributed by atoms with Gasteiger partial charge in [-0.25, -0.2) is 0 Å². The smallest absolute Gasteiger partial charge is 0.251 e. The fourth-order valence-electron chi connectivity index (χ4n) is 2.59. The van der Waals surface area contributed by atoms with E-state index in [2.05, 4.69) is 20.8 Å². The van der Waals surface area contributed by atoms with Gasteiger partial charge in [-0.05, 0) is 49.9 Å². The van der Waals surface area contributed by atoms with Crippen LogP contribution in [-0.2, 0) is 4.79 Å². The summed E-state index contributed by atoms with van der Waals surface area (Å²) in [5, 5.41) is 15.2. The molecule has 0 bridgehead atoms. The molecule has 7 nitrogen and oxygen atoms in total. The second-order valence-corrected chi connectivity index (χ2v) is 7.87. The molecule has 0 saturated heterocycles. The number of benzene rings is 1. The number of hydrogen-bond donors (Lipinski definition) is 2. The number of anilines is 1. The number of aromatic nitrogens is 2. The molecule has 2 amide bonds. The molecule has 27 heavy (non-hydrogen) atoms. The van der Waals surface area contributed by atoms with Crippen LogP contribution in [0.25, 0.3) is 0 Å². The summed E-state index contributed by atoms with van der Waals surface area (Å²) in [5.74, 6) is 0.529. The zero-order chi connectivity index (χ0) is 19.4. The molecule has 0 spiro atoms. The topological polar surface area (TPSA) is 93.2 Å². The predicted octanol–water partition coefficient (Wildman–Crippen LogP) is 3.21. The summed E-state index contributed by atoms with van der Waals surface area (Å²) in [7, 11) is 0. The zero-order valence-electron chi connectivity index (χ0n) is 15.7. The minimum absolute atomic E-state index is 0.0764. The molecule has 1 aromatic carbocycles. The first-order valence-corrected chi connectivity index (χ1v) is 9.97. The molecule has 1 atom stereocenters. The lowest BCUT2D eigenvalue weighted by Crippen LogP contribution is -2.47. The van der Waals surface area contributed by atoms with Crippen molar-refractivity contribution < 1.29 is 14.3 Å². The molecule has 3 rings (SSSR count). The van der Waals surface area contributed by atoms with Crippen LogP contribution in [0.15, 0.2) is 24.3 Å². The molecule has 2 N–H and O–H groups in total. The molecule has 1 aliphatic rings. The maximum atomic E-state index is 12.6. The van der Waals surface area contributed by atoms with Gasteiger partial charge in [-0.1, -0.05) is 25.2 Å². The number of carbonyl (C=O) groups is 2. The van der Waals surface area contributed by atoms with Gasteiger partial charge in [0.05, 0.1) is 6.61 Å². The lowest BCUT2D eigenvalue weighted by atomic mass is 10.0. The molecule has 1 saturated carbocycles. The SMILES string of the molecule is CCOc1ccc(C(=O)N[C@H](C(=O)Nc2nnc(C3CC3)s2)C(C)C)cc1. The summed E-state index contributed by atoms with van der Waals surface area (Å²) in [4.78, 5) is 25.2. The van der Waals surface area contributed by atoms with Crippen molar-refractivity contribution in [2.24, 2.45) is 5.92 Å². The Kier molecular flexibility index (Phi) is 6.05. The summed E-state index contributed by atoms with van der Waals surface area (Å²) in [6, 6.07) is 6.18. The maximum Gasteiger partial charge on any atom is 0.251 e. The summed E-state index contributed by atoms with van der Waals surface area (Å²) >= 11 is 1.40. The first-order chi connectivity index (χ1) is 13.0. The third-order valence-electron chi connectivity index (χ3n) is 4.26. The van der Waals surface area contributed by atoms with Crippen molar-refractivity contribution in [3.63, 3.8) is 0 Å². The van der Waals surface area contributed by atoms with E-state index in [1.807, 2.05) is 20.8 Å². The van der Waals surface area contributed by atoms with Crippen LogP contribution < -0.4 is 15.4 Å². The molecule has 144 valence electrons. The first kappa shape index (κ1) is 19.3. The van der Waals surface area contributed by atoms with Gasteiger partial charge in [0.2, 0.25) is 11.0 Å².